The van der Waals surface area contributed by atoms with Crippen LogP contribution in [-0.4, -0.2) is 28.2 Å². The molecule has 0 radical (unpaired) electrons. The van der Waals surface area contributed by atoms with Crippen molar-refractivity contribution in [2.24, 2.45) is 5.41 Å². The summed E-state index contributed by atoms with van der Waals surface area (Å²) >= 11 is 0. The summed E-state index contributed by atoms with van der Waals surface area (Å²) in [4.78, 5) is 0. The summed E-state index contributed by atoms with van der Waals surface area (Å²) in [5, 5.41) is 7.93. The molecular weight excluding hydrogens is 154 g/mol. The monoisotopic (exact) mass is 167 g/mol. The standard InChI is InChI=1S/C8H13N3O/c1-7-3-11(10-9-7)4-8(2)5-12-6-8/h3H,4-6H2,1-2H3. The second kappa shape index (κ2) is 2.55. The van der Waals surface area contributed by atoms with Gasteiger partial charge in [-0.25, -0.2) is 0 Å². The van der Waals surface area contributed by atoms with Crippen LogP contribution in [0.5, 0.6) is 0 Å². The second-order valence-corrected chi connectivity index (χ2v) is 3.86. The van der Waals surface area contributed by atoms with E-state index in [2.05, 4.69) is 17.2 Å². The zero-order valence-corrected chi connectivity index (χ0v) is 7.45. The van der Waals surface area contributed by atoms with Crippen LogP contribution in [0.3, 0.4) is 0 Å². The maximum Gasteiger partial charge on any atom is 0.0796 e. The van der Waals surface area contributed by atoms with Gasteiger partial charge in [-0.15, -0.1) is 5.10 Å². The molecule has 0 N–H and O–H groups in total. The molecule has 1 fully saturated rings. The molecule has 0 aromatic carbocycles. The van der Waals surface area contributed by atoms with Gasteiger partial charge in [0.25, 0.3) is 0 Å². The Hall–Kier alpha value is -0.900. The molecule has 1 aromatic rings. The Bertz CT molecular complexity index is 278. The Morgan fingerprint density at radius 1 is 1.67 bits per heavy atom. The molecule has 0 aliphatic carbocycles. The fourth-order valence-corrected chi connectivity index (χ4v) is 1.41. The molecule has 2 rings (SSSR count). The minimum Gasteiger partial charge on any atom is -0.380 e. The summed E-state index contributed by atoms with van der Waals surface area (Å²) in [5.41, 5.74) is 1.25. The first-order valence-corrected chi connectivity index (χ1v) is 4.12. The third kappa shape index (κ3) is 1.34. The molecule has 0 saturated carbocycles. The molecule has 0 atom stereocenters. The van der Waals surface area contributed by atoms with E-state index in [-0.39, 0.29) is 5.41 Å². The smallest absolute Gasteiger partial charge is 0.0796 e. The fraction of sp³-hybridized carbons (Fsp3) is 0.750. The minimum absolute atomic E-state index is 0.278. The van der Waals surface area contributed by atoms with Crippen LogP contribution in [0.2, 0.25) is 0 Å². The fourth-order valence-electron chi connectivity index (χ4n) is 1.41. The van der Waals surface area contributed by atoms with Crippen LogP contribution in [-0.2, 0) is 11.3 Å². The van der Waals surface area contributed by atoms with Crippen molar-refractivity contribution in [3.8, 4) is 0 Å². The molecule has 66 valence electrons. The zero-order valence-electron chi connectivity index (χ0n) is 7.45. The Kier molecular flexibility index (Phi) is 1.65. The first-order valence-electron chi connectivity index (χ1n) is 4.12. The van der Waals surface area contributed by atoms with Crippen LogP contribution < -0.4 is 0 Å². The molecule has 1 saturated heterocycles. The van der Waals surface area contributed by atoms with Gasteiger partial charge in [0.05, 0.1) is 25.5 Å². The van der Waals surface area contributed by atoms with Crippen LogP contribution in [0.25, 0.3) is 0 Å². The molecule has 1 aromatic heterocycles. The lowest BCUT2D eigenvalue weighted by Gasteiger charge is -2.37. The summed E-state index contributed by atoms with van der Waals surface area (Å²) in [6.45, 7) is 6.74. The summed E-state index contributed by atoms with van der Waals surface area (Å²) in [6, 6.07) is 0. The Morgan fingerprint density at radius 2 is 2.42 bits per heavy atom. The van der Waals surface area contributed by atoms with E-state index in [1.54, 1.807) is 0 Å². The van der Waals surface area contributed by atoms with Gasteiger partial charge in [0.15, 0.2) is 0 Å². The molecule has 0 unspecified atom stereocenters. The predicted octanol–water partition coefficient (Wildman–Crippen LogP) is 0.623. The Morgan fingerprint density at radius 3 is 2.83 bits per heavy atom. The van der Waals surface area contributed by atoms with E-state index >= 15 is 0 Å². The maximum atomic E-state index is 5.16. The lowest BCUT2D eigenvalue weighted by Crippen LogP contribution is -2.43. The van der Waals surface area contributed by atoms with Crippen LogP contribution in [0.15, 0.2) is 6.20 Å². The molecular formula is C8H13N3O. The van der Waals surface area contributed by atoms with Crippen molar-refractivity contribution in [3.05, 3.63) is 11.9 Å². The largest absolute Gasteiger partial charge is 0.380 e. The van der Waals surface area contributed by atoms with Gasteiger partial charge in [-0.05, 0) is 6.92 Å². The molecule has 2 heterocycles. The van der Waals surface area contributed by atoms with Gasteiger partial charge < -0.3 is 4.74 Å². The van der Waals surface area contributed by atoms with Gasteiger partial charge >= 0.3 is 0 Å². The average Bonchev–Trinajstić information content (AvgIpc) is 2.32. The number of hydrogen-bond donors (Lipinski definition) is 0. The molecule has 0 bridgehead atoms. The van der Waals surface area contributed by atoms with E-state index in [0.29, 0.717) is 0 Å². The number of nitrogens with zero attached hydrogens (tertiary/aromatic N) is 3. The summed E-state index contributed by atoms with van der Waals surface area (Å²) in [5.74, 6) is 0. The number of aryl methyl sites for hydroxylation is 1. The maximum absolute atomic E-state index is 5.16. The highest BCUT2D eigenvalue weighted by atomic mass is 16.5. The third-order valence-corrected chi connectivity index (χ3v) is 2.10. The SMILES string of the molecule is Cc1cn(CC2(C)COC2)nn1. The van der Waals surface area contributed by atoms with Crippen molar-refractivity contribution in [1.29, 1.82) is 0 Å². The highest BCUT2D eigenvalue weighted by molar-refractivity contribution is 4.89. The Balaban J connectivity index is 2.03. The zero-order chi connectivity index (χ0) is 8.60. The summed E-state index contributed by atoms with van der Waals surface area (Å²) < 4.78 is 7.04. The van der Waals surface area contributed by atoms with Crippen LogP contribution in [0, 0.1) is 12.3 Å². The van der Waals surface area contributed by atoms with Gasteiger partial charge in [-0.2, -0.15) is 0 Å². The van der Waals surface area contributed by atoms with Crippen molar-refractivity contribution in [1.82, 2.24) is 15.0 Å². The Labute approximate surface area is 71.5 Å². The minimum atomic E-state index is 0.278. The summed E-state index contributed by atoms with van der Waals surface area (Å²) in [6.07, 6.45) is 1.96. The molecule has 0 amide bonds. The molecule has 4 nitrogen and oxygen atoms in total. The van der Waals surface area contributed by atoms with E-state index in [1.165, 1.54) is 0 Å². The van der Waals surface area contributed by atoms with Crippen molar-refractivity contribution in [3.63, 3.8) is 0 Å². The second-order valence-electron chi connectivity index (χ2n) is 3.86. The lowest BCUT2D eigenvalue weighted by atomic mass is 9.89. The van der Waals surface area contributed by atoms with Crippen LogP contribution in [0.4, 0.5) is 0 Å². The number of aromatic nitrogens is 3. The van der Waals surface area contributed by atoms with E-state index in [9.17, 15) is 0 Å². The first kappa shape index (κ1) is 7.73. The normalized spacial score (nSPS) is 20.5. The molecule has 0 spiro atoms. The van der Waals surface area contributed by atoms with Crippen molar-refractivity contribution >= 4 is 0 Å². The van der Waals surface area contributed by atoms with Gasteiger partial charge in [0, 0.05) is 11.6 Å². The molecule has 4 heteroatoms. The number of hydrogen-bond acceptors (Lipinski definition) is 3. The first-order chi connectivity index (χ1) is 5.68. The lowest BCUT2D eigenvalue weighted by molar-refractivity contribution is -0.111. The quantitative estimate of drug-likeness (QED) is 0.648. The molecule has 1 aliphatic rings. The topological polar surface area (TPSA) is 39.9 Å². The van der Waals surface area contributed by atoms with Crippen molar-refractivity contribution in [2.75, 3.05) is 13.2 Å². The van der Waals surface area contributed by atoms with Crippen molar-refractivity contribution in [2.45, 2.75) is 20.4 Å². The molecule has 12 heavy (non-hydrogen) atoms. The highest BCUT2D eigenvalue weighted by Gasteiger charge is 2.33. The predicted molar refractivity (Wildman–Crippen MR) is 43.7 cm³/mol. The van der Waals surface area contributed by atoms with E-state index in [1.807, 2.05) is 17.8 Å². The number of ether oxygens (including phenoxy) is 1. The summed E-state index contributed by atoms with van der Waals surface area (Å²) in [7, 11) is 0. The van der Waals surface area contributed by atoms with Crippen LogP contribution >= 0.6 is 0 Å². The van der Waals surface area contributed by atoms with E-state index in [4.69, 9.17) is 4.74 Å². The molecule has 1 aliphatic heterocycles. The van der Waals surface area contributed by atoms with Gasteiger partial charge in [-0.1, -0.05) is 12.1 Å². The van der Waals surface area contributed by atoms with Gasteiger partial charge in [0.2, 0.25) is 0 Å². The average molecular weight is 167 g/mol. The van der Waals surface area contributed by atoms with Crippen molar-refractivity contribution < 1.29 is 4.74 Å². The van der Waals surface area contributed by atoms with Gasteiger partial charge in [-0.3, -0.25) is 4.68 Å². The van der Waals surface area contributed by atoms with E-state index in [0.717, 1.165) is 25.5 Å². The highest BCUT2D eigenvalue weighted by Crippen LogP contribution is 2.27. The van der Waals surface area contributed by atoms with Crippen LogP contribution in [0.1, 0.15) is 12.6 Å². The van der Waals surface area contributed by atoms with E-state index < -0.39 is 0 Å². The van der Waals surface area contributed by atoms with Gasteiger partial charge in [0.1, 0.15) is 0 Å². The number of rotatable bonds is 2. The third-order valence-electron chi connectivity index (χ3n) is 2.10.